The number of hydrogen-bond acceptors (Lipinski definition) is 4. The van der Waals surface area contributed by atoms with Crippen LogP contribution in [-0.2, 0) is 11.3 Å². The van der Waals surface area contributed by atoms with Gasteiger partial charge >= 0.3 is 0 Å². The monoisotopic (exact) mass is 315 g/mol. The SMILES string of the molecule is COc1ccc2c(c1)[C@H](NC(=O)Cn1ccnc1)CC(C)(C)O2. The molecule has 0 unspecified atom stereocenters. The molecule has 0 spiro atoms. The van der Waals surface area contributed by atoms with Crippen molar-refractivity contribution < 1.29 is 14.3 Å². The molecular formula is C17H21N3O3. The Bertz CT molecular complexity index is 695. The van der Waals surface area contributed by atoms with Gasteiger partial charge in [0.05, 0.1) is 19.5 Å². The first-order valence-corrected chi connectivity index (χ1v) is 7.59. The molecule has 0 radical (unpaired) electrons. The minimum absolute atomic E-state index is 0.0560. The number of carbonyl (C=O) groups excluding carboxylic acids is 1. The topological polar surface area (TPSA) is 65.4 Å². The predicted octanol–water partition coefficient (Wildman–Crippen LogP) is 2.31. The van der Waals surface area contributed by atoms with E-state index in [4.69, 9.17) is 9.47 Å². The van der Waals surface area contributed by atoms with Gasteiger partial charge in [0.15, 0.2) is 0 Å². The molecule has 0 bridgehead atoms. The fourth-order valence-electron chi connectivity index (χ4n) is 2.87. The van der Waals surface area contributed by atoms with Gasteiger partial charge in [-0.3, -0.25) is 4.79 Å². The Morgan fingerprint density at radius 2 is 2.35 bits per heavy atom. The number of fused-ring (bicyclic) bond motifs is 1. The van der Waals surface area contributed by atoms with Crippen LogP contribution in [0, 0.1) is 0 Å². The van der Waals surface area contributed by atoms with Gasteiger partial charge in [-0.1, -0.05) is 0 Å². The number of nitrogens with zero attached hydrogens (tertiary/aromatic N) is 2. The normalized spacial score (nSPS) is 18.7. The van der Waals surface area contributed by atoms with E-state index in [1.165, 1.54) is 0 Å². The van der Waals surface area contributed by atoms with Gasteiger partial charge in [-0.15, -0.1) is 0 Å². The number of methoxy groups -OCH3 is 1. The fraction of sp³-hybridized carbons (Fsp3) is 0.412. The van der Waals surface area contributed by atoms with Crippen LogP contribution in [0.3, 0.4) is 0 Å². The smallest absolute Gasteiger partial charge is 0.240 e. The molecular weight excluding hydrogens is 294 g/mol. The van der Waals surface area contributed by atoms with Crippen LogP contribution in [0.25, 0.3) is 0 Å². The second-order valence-corrected chi connectivity index (χ2v) is 6.32. The average Bonchev–Trinajstić information content (AvgIpc) is 2.98. The molecule has 0 saturated carbocycles. The van der Waals surface area contributed by atoms with Crippen molar-refractivity contribution in [2.45, 2.75) is 38.5 Å². The Hall–Kier alpha value is -2.50. The van der Waals surface area contributed by atoms with E-state index in [0.29, 0.717) is 6.42 Å². The first-order chi connectivity index (χ1) is 11.0. The van der Waals surface area contributed by atoms with E-state index in [-0.39, 0.29) is 24.1 Å². The zero-order valence-electron chi connectivity index (χ0n) is 13.6. The number of hydrogen-bond donors (Lipinski definition) is 1. The van der Waals surface area contributed by atoms with E-state index in [9.17, 15) is 4.79 Å². The van der Waals surface area contributed by atoms with Crippen molar-refractivity contribution in [3.05, 3.63) is 42.5 Å². The summed E-state index contributed by atoms with van der Waals surface area (Å²) in [6.45, 7) is 4.29. The molecule has 1 aliphatic heterocycles. The average molecular weight is 315 g/mol. The van der Waals surface area contributed by atoms with Gasteiger partial charge in [-0.2, -0.15) is 0 Å². The van der Waals surface area contributed by atoms with Crippen LogP contribution >= 0.6 is 0 Å². The molecule has 1 aromatic carbocycles. The van der Waals surface area contributed by atoms with Crippen molar-refractivity contribution >= 4 is 5.91 Å². The molecule has 23 heavy (non-hydrogen) atoms. The number of benzene rings is 1. The third kappa shape index (κ3) is 3.47. The first-order valence-electron chi connectivity index (χ1n) is 7.59. The molecule has 0 aliphatic carbocycles. The summed E-state index contributed by atoms with van der Waals surface area (Å²) in [5.41, 5.74) is 0.608. The molecule has 3 rings (SSSR count). The molecule has 2 heterocycles. The maximum atomic E-state index is 12.3. The summed E-state index contributed by atoms with van der Waals surface area (Å²) in [4.78, 5) is 16.3. The number of aromatic nitrogens is 2. The first kappa shape index (κ1) is 15.4. The Morgan fingerprint density at radius 3 is 3.04 bits per heavy atom. The molecule has 1 aliphatic rings. The third-order valence-electron chi connectivity index (χ3n) is 3.89. The van der Waals surface area contributed by atoms with Gasteiger partial charge in [-0.25, -0.2) is 4.98 Å². The van der Waals surface area contributed by atoms with Crippen molar-refractivity contribution in [3.63, 3.8) is 0 Å². The van der Waals surface area contributed by atoms with Gasteiger partial charge in [0.2, 0.25) is 5.91 Å². The Labute approximate surface area is 135 Å². The minimum atomic E-state index is -0.339. The predicted molar refractivity (Wildman–Crippen MR) is 85.4 cm³/mol. The van der Waals surface area contributed by atoms with Gasteiger partial charge in [0, 0.05) is 24.4 Å². The van der Waals surface area contributed by atoms with E-state index in [2.05, 4.69) is 10.3 Å². The summed E-state index contributed by atoms with van der Waals surface area (Å²) in [6, 6.07) is 5.57. The van der Waals surface area contributed by atoms with E-state index in [0.717, 1.165) is 17.1 Å². The highest BCUT2D eigenvalue weighted by atomic mass is 16.5. The van der Waals surface area contributed by atoms with Crippen molar-refractivity contribution in [2.75, 3.05) is 7.11 Å². The summed E-state index contributed by atoms with van der Waals surface area (Å²) in [5.74, 6) is 1.48. The Kier molecular flexibility index (Phi) is 3.98. The maximum Gasteiger partial charge on any atom is 0.240 e. The molecule has 6 nitrogen and oxygen atoms in total. The highest BCUT2D eigenvalue weighted by Gasteiger charge is 2.34. The minimum Gasteiger partial charge on any atom is -0.497 e. The standard InChI is InChI=1S/C17H21N3O3/c1-17(2)9-14(19-16(21)10-20-7-6-18-11-20)13-8-12(22-3)4-5-15(13)23-17/h4-8,11,14H,9-10H2,1-3H3,(H,19,21)/t14-/m1/s1. The van der Waals surface area contributed by atoms with E-state index >= 15 is 0 Å². The molecule has 122 valence electrons. The Morgan fingerprint density at radius 1 is 1.52 bits per heavy atom. The van der Waals surface area contributed by atoms with Crippen LogP contribution in [0.4, 0.5) is 0 Å². The van der Waals surface area contributed by atoms with Crippen molar-refractivity contribution in [3.8, 4) is 11.5 Å². The van der Waals surface area contributed by atoms with Gasteiger partial charge < -0.3 is 19.4 Å². The van der Waals surface area contributed by atoms with Gasteiger partial charge in [0.1, 0.15) is 23.6 Å². The number of imidazole rings is 1. The molecule has 6 heteroatoms. The number of amides is 1. The number of ether oxygens (including phenoxy) is 2. The maximum absolute atomic E-state index is 12.3. The molecule has 2 aromatic rings. The van der Waals surface area contributed by atoms with Crippen LogP contribution in [0.2, 0.25) is 0 Å². The lowest BCUT2D eigenvalue weighted by atomic mass is 9.89. The lowest BCUT2D eigenvalue weighted by molar-refractivity contribution is -0.122. The highest BCUT2D eigenvalue weighted by molar-refractivity contribution is 5.76. The second-order valence-electron chi connectivity index (χ2n) is 6.32. The van der Waals surface area contributed by atoms with Crippen molar-refractivity contribution in [1.82, 2.24) is 14.9 Å². The lowest BCUT2D eigenvalue weighted by Crippen LogP contribution is -2.42. The fourth-order valence-corrected chi connectivity index (χ4v) is 2.87. The number of nitrogens with one attached hydrogen (secondary N) is 1. The van der Waals surface area contributed by atoms with Crippen LogP contribution in [0.5, 0.6) is 11.5 Å². The summed E-state index contributed by atoms with van der Waals surface area (Å²) < 4.78 is 13.0. The molecule has 0 saturated heterocycles. The van der Waals surface area contributed by atoms with Crippen molar-refractivity contribution in [1.29, 1.82) is 0 Å². The van der Waals surface area contributed by atoms with Crippen molar-refractivity contribution in [2.24, 2.45) is 0 Å². The van der Waals surface area contributed by atoms with E-state index in [1.807, 2.05) is 32.0 Å². The Balaban J connectivity index is 1.82. The van der Waals surface area contributed by atoms with Gasteiger partial charge in [0.25, 0.3) is 0 Å². The zero-order valence-corrected chi connectivity index (χ0v) is 13.6. The van der Waals surface area contributed by atoms with Crippen LogP contribution < -0.4 is 14.8 Å². The quantitative estimate of drug-likeness (QED) is 0.940. The third-order valence-corrected chi connectivity index (χ3v) is 3.89. The molecule has 1 amide bonds. The van der Waals surface area contributed by atoms with E-state index in [1.54, 1.807) is 30.4 Å². The summed E-state index contributed by atoms with van der Waals surface area (Å²) in [7, 11) is 1.63. The van der Waals surface area contributed by atoms with Gasteiger partial charge in [-0.05, 0) is 32.0 Å². The molecule has 1 atom stereocenters. The van der Waals surface area contributed by atoms with Crippen LogP contribution in [0.15, 0.2) is 36.9 Å². The summed E-state index contributed by atoms with van der Waals surface area (Å²) >= 11 is 0. The van der Waals surface area contributed by atoms with Crippen LogP contribution in [0.1, 0.15) is 31.9 Å². The highest BCUT2D eigenvalue weighted by Crippen LogP contribution is 2.41. The largest absolute Gasteiger partial charge is 0.497 e. The molecule has 1 N–H and O–H groups in total. The van der Waals surface area contributed by atoms with E-state index < -0.39 is 0 Å². The number of carbonyl (C=O) groups is 1. The summed E-state index contributed by atoms with van der Waals surface area (Å²) in [6.07, 6.45) is 5.75. The molecule has 0 fully saturated rings. The second kappa shape index (κ2) is 5.95. The number of rotatable bonds is 4. The lowest BCUT2D eigenvalue weighted by Gasteiger charge is -2.38. The molecule has 1 aromatic heterocycles. The summed E-state index contributed by atoms with van der Waals surface area (Å²) in [5, 5.41) is 3.10. The van der Waals surface area contributed by atoms with Crippen LogP contribution in [-0.4, -0.2) is 28.2 Å². The zero-order chi connectivity index (χ0) is 16.4.